The van der Waals surface area contributed by atoms with Crippen LogP contribution in [0, 0.1) is 0 Å². The lowest BCUT2D eigenvalue weighted by atomic mass is 10.1. The van der Waals surface area contributed by atoms with Gasteiger partial charge in [-0.25, -0.2) is 0 Å². The molecule has 0 aliphatic heterocycles. The zero-order valence-corrected chi connectivity index (χ0v) is 9.90. The smallest absolute Gasteiger partial charge is 0.241 e. The van der Waals surface area contributed by atoms with Crippen LogP contribution >= 0.6 is 0 Å². The summed E-state index contributed by atoms with van der Waals surface area (Å²) in [6.07, 6.45) is 3.50. The Kier molecular flexibility index (Phi) is 3.35. The fraction of sp³-hybridized carbons (Fsp3) is 0.231. The first-order valence-electron chi connectivity index (χ1n) is 5.53. The maximum Gasteiger partial charge on any atom is 0.241 e. The molecule has 0 fully saturated rings. The number of pyridine rings is 1. The van der Waals surface area contributed by atoms with Crippen molar-refractivity contribution in [3.05, 3.63) is 36.7 Å². The van der Waals surface area contributed by atoms with Gasteiger partial charge in [-0.3, -0.25) is 9.78 Å². The minimum absolute atomic E-state index is 0.0520. The fourth-order valence-corrected chi connectivity index (χ4v) is 1.59. The standard InChI is InChI=1S/C13H15N3O/c1-9(14-2)13(17)16-12-5-3-4-10-6-7-15-8-11(10)12/h3-9,14H,1-2H3,(H,16,17). The first-order valence-corrected chi connectivity index (χ1v) is 5.53. The van der Waals surface area contributed by atoms with Crippen LogP contribution in [0.5, 0.6) is 0 Å². The van der Waals surface area contributed by atoms with E-state index in [1.54, 1.807) is 19.4 Å². The van der Waals surface area contributed by atoms with Crippen LogP contribution in [0.2, 0.25) is 0 Å². The van der Waals surface area contributed by atoms with Gasteiger partial charge >= 0.3 is 0 Å². The Morgan fingerprint density at radius 2 is 2.18 bits per heavy atom. The predicted molar refractivity (Wildman–Crippen MR) is 68.9 cm³/mol. The van der Waals surface area contributed by atoms with Crippen molar-refractivity contribution in [2.24, 2.45) is 0 Å². The number of nitrogens with one attached hydrogen (secondary N) is 2. The normalized spacial score (nSPS) is 12.4. The topological polar surface area (TPSA) is 54.0 Å². The van der Waals surface area contributed by atoms with Crippen LogP contribution in [-0.4, -0.2) is 24.0 Å². The lowest BCUT2D eigenvalue weighted by Crippen LogP contribution is -2.35. The van der Waals surface area contributed by atoms with Crippen LogP contribution in [0.15, 0.2) is 36.7 Å². The Morgan fingerprint density at radius 3 is 2.94 bits per heavy atom. The second-order valence-corrected chi connectivity index (χ2v) is 3.90. The van der Waals surface area contributed by atoms with Crippen molar-refractivity contribution in [2.75, 3.05) is 12.4 Å². The number of nitrogens with zero attached hydrogens (tertiary/aromatic N) is 1. The molecule has 88 valence electrons. The number of anilines is 1. The minimum atomic E-state index is -0.220. The first-order chi connectivity index (χ1) is 8.22. The molecule has 0 spiro atoms. The van der Waals surface area contributed by atoms with Crippen LogP contribution in [0.4, 0.5) is 5.69 Å². The third-order valence-corrected chi connectivity index (χ3v) is 2.77. The summed E-state index contributed by atoms with van der Waals surface area (Å²) in [6, 6.07) is 7.49. The summed E-state index contributed by atoms with van der Waals surface area (Å²) in [5, 5.41) is 7.81. The highest BCUT2D eigenvalue weighted by molar-refractivity contribution is 6.03. The molecule has 0 bridgehead atoms. The molecule has 0 radical (unpaired) electrons. The van der Waals surface area contributed by atoms with Gasteiger partial charge < -0.3 is 10.6 Å². The third-order valence-electron chi connectivity index (χ3n) is 2.77. The summed E-state index contributed by atoms with van der Waals surface area (Å²) in [4.78, 5) is 15.9. The monoisotopic (exact) mass is 229 g/mol. The maximum absolute atomic E-state index is 11.8. The second-order valence-electron chi connectivity index (χ2n) is 3.90. The molecule has 2 aromatic rings. The Hall–Kier alpha value is -1.94. The van der Waals surface area contributed by atoms with E-state index in [1.165, 1.54) is 0 Å². The third kappa shape index (κ3) is 2.42. The molecule has 17 heavy (non-hydrogen) atoms. The van der Waals surface area contributed by atoms with E-state index in [0.29, 0.717) is 0 Å². The average Bonchev–Trinajstić information content (AvgIpc) is 2.38. The van der Waals surface area contributed by atoms with E-state index < -0.39 is 0 Å². The van der Waals surface area contributed by atoms with Crippen LogP contribution < -0.4 is 10.6 Å². The number of fused-ring (bicyclic) bond motifs is 1. The zero-order chi connectivity index (χ0) is 12.3. The van der Waals surface area contributed by atoms with Gasteiger partial charge in [0, 0.05) is 17.8 Å². The highest BCUT2D eigenvalue weighted by Crippen LogP contribution is 2.21. The molecule has 4 heteroatoms. The van der Waals surface area contributed by atoms with E-state index in [9.17, 15) is 4.79 Å². The quantitative estimate of drug-likeness (QED) is 0.843. The summed E-state index contributed by atoms with van der Waals surface area (Å²) >= 11 is 0. The van der Waals surface area contributed by atoms with Gasteiger partial charge in [-0.15, -0.1) is 0 Å². The molecule has 2 N–H and O–H groups in total. The molecular weight excluding hydrogens is 214 g/mol. The number of amides is 1. The molecular formula is C13H15N3O. The van der Waals surface area contributed by atoms with E-state index >= 15 is 0 Å². The second kappa shape index (κ2) is 4.93. The van der Waals surface area contributed by atoms with E-state index in [-0.39, 0.29) is 11.9 Å². The predicted octanol–water partition coefficient (Wildman–Crippen LogP) is 1.78. The summed E-state index contributed by atoms with van der Waals surface area (Å²) < 4.78 is 0. The van der Waals surface area contributed by atoms with Crippen molar-refractivity contribution in [3.8, 4) is 0 Å². The molecule has 4 nitrogen and oxygen atoms in total. The van der Waals surface area contributed by atoms with E-state index in [2.05, 4.69) is 15.6 Å². The van der Waals surface area contributed by atoms with Crippen molar-refractivity contribution < 1.29 is 4.79 Å². The molecule has 1 aromatic carbocycles. The van der Waals surface area contributed by atoms with Gasteiger partial charge in [-0.2, -0.15) is 0 Å². The number of rotatable bonds is 3. The van der Waals surface area contributed by atoms with Crippen LogP contribution in [0.25, 0.3) is 10.8 Å². The average molecular weight is 229 g/mol. The Morgan fingerprint density at radius 1 is 1.35 bits per heavy atom. The van der Waals surface area contributed by atoms with Crippen molar-refractivity contribution in [3.63, 3.8) is 0 Å². The summed E-state index contributed by atoms with van der Waals surface area (Å²) in [5.74, 6) is -0.0520. The molecule has 2 rings (SSSR count). The van der Waals surface area contributed by atoms with Crippen LogP contribution in [-0.2, 0) is 4.79 Å². The van der Waals surface area contributed by atoms with Gasteiger partial charge in [0.05, 0.1) is 11.7 Å². The number of likely N-dealkylation sites (N-methyl/N-ethyl adjacent to an activating group) is 1. The lowest BCUT2D eigenvalue weighted by molar-refractivity contribution is -0.117. The van der Waals surface area contributed by atoms with E-state index in [4.69, 9.17) is 0 Å². The zero-order valence-electron chi connectivity index (χ0n) is 9.90. The van der Waals surface area contributed by atoms with Crippen molar-refractivity contribution in [1.82, 2.24) is 10.3 Å². The molecule has 0 aliphatic rings. The fourth-order valence-electron chi connectivity index (χ4n) is 1.59. The lowest BCUT2D eigenvalue weighted by Gasteiger charge is -2.12. The molecule has 1 unspecified atom stereocenters. The maximum atomic E-state index is 11.8. The Labute approximate surface area is 100 Å². The Balaban J connectivity index is 2.33. The number of carbonyl (C=O) groups excluding carboxylic acids is 1. The van der Waals surface area contributed by atoms with Gasteiger partial charge in [0.15, 0.2) is 0 Å². The number of benzene rings is 1. The van der Waals surface area contributed by atoms with Crippen molar-refractivity contribution in [2.45, 2.75) is 13.0 Å². The summed E-state index contributed by atoms with van der Waals surface area (Å²) in [5.41, 5.74) is 0.794. The summed E-state index contributed by atoms with van der Waals surface area (Å²) in [7, 11) is 1.76. The molecule has 0 saturated heterocycles. The van der Waals surface area contributed by atoms with Crippen LogP contribution in [0.1, 0.15) is 6.92 Å². The number of hydrogen-bond acceptors (Lipinski definition) is 3. The van der Waals surface area contributed by atoms with Gasteiger partial charge in [0.1, 0.15) is 0 Å². The van der Waals surface area contributed by atoms with Crippen molar-refractivity contribution in [1.29, 1.82) is 0 Å². The molecule has 1 atom stereocenters. The van der Waals surface area contributed by atoms with Crippen molar-refractivity contribution >= 4 is 22.4 Å². The Bertz CT molecular complexity index is 534. The van der Waals surface area contributed by atoms with E-state index in [1.807, 2.05) is 31.2 Å². The molecule has 0 aliphatic carbocycles. The first kappa shape index (κ1) is 11.5. The molecule has 0 saturated carbocycles. The summed E-state index contributed by atoms with van der Waals surface area (Å²) in [6.45, 7) is 1.82. The van der Waals surface area contributed by atoms with Gasteiger partial charge in [0.25, 0.3) is 0 Å². The minimum Gasteiger partial charge on any atom is -0.324 e. The highest BCUT2D eigenvalue weighted by Gasteiger charge is 2.11. The van der Waals surface area contributed by atoms with Gasteiger partial charge in [-0.1, -0.05) is 12.1 Å². The SMILES string of the molecule is CNC(C)C(=O)Nc1cccc2ccncc12. The van der Waals surface area contributed by atoms with Crippen LogP contribution in [0.3, 0.4) is 0 Å². The number of hydrogen-bond donors (Lipinski definition) is 2. The molecule has 1 amide bonds. The largest absolute Gasteiger partial charge is 0.324 e. The number of carbonyl (C=O) groups is 1. The molecule has 1 heterocycles. The number of aromatic nitrogens is 1. The van der Waals surface area contributed by atoms with E-state index in [0.717, 1.165) is 16.5 Å². The van der Waals surface area contributed by atoms with Gasteiger partial charge in [0.2, 0.25) is 5.91 Å². The highest BCUT2D eigenvalue weighted by atomic mass is 16.2. The van der Waals surface area contributed by atoms with Gasteiger partial charge in [-0.05, 0) is 31.5 Å². The molecule has 1 aromatic heterocycles.